The number of hydrogen-bond donors (Lipinski definition) is 1. The summed E-state index contributed by atoms with van der Waals surface area (Å²) in [6.45, 7) is 3.64. The molecule has 1 aromatic carbocycles. The molecule has 0 spiro atoms. The Labute approximate surface area is 82.3 Å². The van der Waals surface area contributed by atoms with E-state index in [0.717, 1.165) is 16.7 Å². The summed E-state index contributed by atoms with van der Waals surface area (Å²) < 4.78 is 0. The third-order valence-electron chi connectivity index (χ3n) is 2.01. The number of nitrogen functional groups attached to an aromatic ring is 1. The first-order valence-electron chi connectivity index (χ1n) is 4.43. The van der Waals surface area contributed by atoms with Crippen LogP contribution in [0.1, 0.15) is 5.82 Å². The molecule has 0 aliphatic heterocycles. The SMILES string of the molecule is C=CCc1nc(N)c2ccccc2n1. The van der Waals surface area contributed by atoms with Crippen LogP contribution in [0, 0.1) is 0 Å². The quantitative estimate of drug-likeness (QED) is 0.727. The zero-order valence-corrected chi connectivity index (χ0v) is 7.77. The number of rotatable bonds is 2. The van der Waals surface area contributed by atoms with Gasteiger partial charge < -0.3 is 5.73 Å². The highest BCUT2D eigenvalue weighted by molar-refractivity contribution is 5.87. The van der Waals surface area contributed by atoms with Crippen molar-refractivity contribution in [3.8, 4) is 0 Å². The van der Waals surface area contributed by atoms with Crippen LogP contribution in [0.4, 0.5) is 5.82 Å². The van der Waals surface area contributed by atoms with E-state index in [-0.39, 0.29) is 0 Å². The smallest absolute Gasteiger partial charge is 0.135 e. The van der Waals surface area contributed by atoms with Crippen LogP contribution in [0.2, 0.25) is 0 Å². The standard InChI is InChI=1S/C11H11N3/c1-2-5-10-13-9-7-4-3-6-8(9)11(12)14-10/h2-4,6-7H,1,5H2,(H2,12,13,14). The number of fused-ring (bicyclic) bond motifs is 1. The second-order valence-corrected chi connectivity index (χ2v) is 3.04. The topological polar surface area (TPSA) is 51.8 Å². The third kappa shape index (κ3) is 1.44. The molecule has 0 unspecified atom stereocenters. The van der Waals surface area contributed by atoms with Crippen LogP contribution in [0.15, 0.2) is 36.9 Å². The van der Waals surface area contributed by atoms with Crippen molar-refractivity contribution in [2.24, 2.45) is 0 Å². The van der Waals surface area contributed by atoms with Crippen LogP contribution in [-0.4, -0.2) is 9.97 Å². The van der Waals surface area contributed by atoms with E-state index in [9.17, 15) is 0 Å². The maximum Gasteiger partial charge on any atom is 0.135 e. The molecule has 3 nitrogen and oxygen atoms in total. The Morgan fingerprint density at radius 3 is 2.86 bits per heavy atom. The summed E-state index contributed by atoms with van der Waals surface area (Å²) in [5, 5.41) is 0.903. The highest BCUT2D eigenvalue weighted by Gasteiger charge is 2.02. The molecule has 0 amide bonds. The van der Waals surface area contributed by atoms with Gasteiger partial charge in [0.25, 0.3) is 0 Å². The zero-order valence-electron chi connectivity index (χ0n) is 7.77. The predicted molar refractivity (Wildman–Crippen MR) is 57.9 cm³/mol. The van der Waals surface area contributed by atoms with E-state index in [0.29, 0.717) is 12.2 Å². The van der Waals surface area contributed by atoms with Gasteiger partial charge in [-0.25, -0.2) is 9.97 Å². The lowest BCUT2D eigenvalue weighted by Crippen LogP contribution is -1.99. The molecule has 0 aliphatic carbocycles. The predicted octanol–water partition coefficient (Wildman–Crippen LogP) is 1.94. The molecule has 0 saturated heterocycles. The molecule has 2 aromatic rings. The van der Waals surface area contributed by atoms with Gasteiger partial charge in [-0.3, -0.25) is 0 Å². The zero-order chi connectivity index (χ0) is 9.97. The highest BCUT2D eigenvalue weighted by atomic mass is 14.9. The highest BCUT2D eigenvalue weighted by Crippen LogP contribution is 2.16. The van der Waals surface area contributed by atoms with Crippen molar-refractivity contribution in [2.45, 2.75) is 6.42 Å². The minimum Gasteiger partial charge on any atom is -0.383 e. The van der Waals surface area contributed by atoms with Crippen molar-refractivity contribution < 1.29 is 0 Å². The number of aromatic nitrogens is 2. The second-order valence-electron chi connectivity index (χ2n) is 3.04. The Hall–Kier alpha value is -1.90. The fraction of sp³-hybridized carbons (Fsp3) is 0.0909. The monoisotopic (exact) mass is 185 g/mol. The van der Waals surface area contributed by atoms with Gasteiger partial charge in [-0.2, -0.15) is 0 Å². The van der Waals surface area contributed by atoms with E-state index in [1.165, 1.54) is 0 Å². The summed E-state index contributed by atoms with van der Waals surface area (Å²) in [6, 6.07) is 7.71. The first-order chi connectivity index (χ1) is 6.81. The Balaban J connectivity index is 2.65. The molecule has 70 valence electrons. The Kier molecular flexibility index (Phi) is 2.14. The number of anilines is 1. The number of para-hydroxylation sites is 1. The fourth-order valence-corrected chi connectivity index (χ4v) is 1.37. The van der Waals surface area contributed by atoms with Gasteiger partial charge >= 0.3 is 0 Å². The molecule has 14 heavy (non-hydrogen) atoms. The van der Waals surface area contributed by atoms with Crippen molar-refractivity contribution in [2.75, 3.05) is 5.73 Å². The molecule has 1 heterocycles. The lowest BCUT2D eigenvalue weighted by Gasteiger charge is -2.02. The second kappa shape index (κ2) is 3.46. The van der Waals surface area contributed by atoms with Crippen molar-refractivity contribution >= 4 is 16.7 Å². The van der Waals surface area contributed by atoms with Crippen molar-refractivity contribution in [3.63, 3.8) is 0 Å². The van der Waals surface area contributed by atoms with Crippen molar-refractivity contribution in [1.82, 2.24) is 9.97 Å². The van der Waals surface area contributed by atoms with E-state index < -0.39 is 0 Å². The van der Waals surface area contributed by atoms with Gasteiger partial charge in [0.2, 0.25) is 0 Å². The van der Waals surface area contributed by atoms with Gasteiger partial charge in [0, 0.05) is 11.8 Å². The molecule has 0 saturated carbocycles. The van der Waals surface area contributed by atoms with Crippen LogP contribution in [0.5, 0.6) is 0 Å². The minimum atomic E-state index is 0.535. The lowest BCUT2D eigenvalue weighted by atomic mass is 10.2. The molecule has 0 bridgehead atoms. The van der Waals surface area contributed by atoms with Gasteiger partial charge in [0.05, 0.1) is 5.52 Å². The molecule has 0 fully saturated rings. The summed E-state index contributed by atoms with van der Waals surface area (Å²) in [5.41, 5.74) is 6.69. The van der Waals surface area contributed by atoms with Gasteiger partial charge in [-0.15, -0.1) is 6.58 Å². The summed E-state index contributed by atoms with van der Waals surface area (Å²) in [7, 11) is 0. The molecule has 2 N–H and O–H groups in total. The van der Waals surface area contributed by atoms with Crippen molar-refractivity contribution in [3.05, 3.63) is 42.7 Å². The number of nitrogens with zero attached hydrogens (tertiary/aromatic N) is 2. The van der Waals surface area contributed by atoms with Crippen LogP contribution in [-0.2, 0) is 6.42 Å². The molecule has 0 atom stereocenters. The molecule has 2 rings (SSSR count). The lowest BCUT2D eigenvalue weighted by molar-refractivity contribution is 1.03. The van der Waals surface area contributed by atoms with Crippen molar-refractivity contribution in [1.29, 1.82) is 0 Å². The minimum absolute atomic E-state index is 0.535. The van der Waals surface area contributed by atoms with Gasteiger partial charge in [0.15, 0.2) is 0 Å². The third-order valence-corrected chi connectivity index (χ3v) is 2.01. The Morgan fingerprint density at radius 2 is 2.07 bits per heavy atom. The maximum atomic E-state index is 5.80. The average Bonchev–Trinajstić information content (AvgIpc) is 2.18. The van der Waals surface area contributed by atoms with Gasteiger partial charge in [0.1, 0.15) is 11.6 Å². The summed E-state index contributed by atoms with van der Waals surface area (Å²) in [6.07, 6.45) is 2.42. The molecular formula is C11H11N3. The first kappa shape index (κ1) is 8.69. The molecule has 0 radical (unpaired) electrons. The normalized spacial score (nSPS) is 10.3. The van der Waals surface area contributed by atoms with Gasteiger partial charge in [-0.1, -0.05) is 18.2 Å². The Bertz CT molecular complexity index is 477. The molecule has 3 heteroatoms. The first-order valence-corrected chi connectivity index (χ1v) is 4.43. The van der Waals surface area contributed by atoms with Gasteiger partial charge in [-0.05, 0) is 12.1 Å². The van der Waals surface area contributed by atoms with Crippen LogP contribution in [0.25, 0.3) is 10.9 Å². The molecular weight excluding hydrogens is 174 g/mol. The van der Waals surface area contributed by atoms with Crippen LogP contribution < -0.4 is 5.73 Å². The van der Waals surface area contributed by atoms with E-state index >= 15 is 0 Å². The number of nitrogens with two attached hydrogens (primary N) is 1. The van der Waals surface area contributed by atoms with Crippen LogP contribution in [0.3, 0.4) is 0 Å². The molecule has 1 aromatic heterocycles. The summed E-state index contributed by atoms with van der Waals surface area (Å²) in [5.74, 6) is 1.25. The van der Waals surface area contributed by atoms with E-state index in [2.05, 4.69) is 16.5 Å². The van der Waals surface area contributed by atoms with E-state index in [4.69, 9.17) is 5.73 Å². The number of hydrogen-bond acceptors (Lipinski definition) is 3. The summed E-state index contributed by atoms with van der Waals surface area (Å²) >= 11 is 0. The van der Waals surface area contributed by atoms with Crippen LogP contribution >= 0.6 is 0 Å². The maximum absolute atomic E-state index is 5.80. The average molecular weight is 185 g/mol. The van der Waals surface area contributed by atoms with E-state index in [1.54, 1.807) is 6.08 Å². The van der Waals surface area contributed by atoms with E-state index in [1.807, 2.05) is 24.3 Å². The Morgan fingerprint density at radius 1 is 1.29 bits per heavy atom. The summed E-state index contributed by atoms with van der Waals surface area (Å²) in [4.78, 5) is 8.55. The number of benzene rings is 1. The molecule has 0 aliphatic rings. The largest absolute Gasteiger partial charge is 0.383 e. The fourth-order valence-electron chi connectivity index (χ4n) is 1.37. The number of allylic oxidation sites excluding steroid dienone is 1.